The summed E-state index contributed by atoms with van der Waals surface area (Å²) in [5, 5.41) is 0. The van der Waals surface area contributed by atoms with E-state index in [0.29, 0.717) is 30.9 Å². The Morgan fingerprint density at radius 3 is 2.37 bits per heavy atom. The first-order valence-electron chi connectivity index (χ1n) is 10.0. The van der Waals surface area contributed by atoms with Crippen LogP contribution in [0.1, 0.15) is 28.4 Å². The van der Waals surface area contributed by atoms with E-state index in [1.54, 1.807) is 42.2 Å². The summed E-state index contributed by atoms with van der Waals surface area (Å²) in [6.07, 6.45) is 0.803. The third-order valence-electron chi connectivity index (χ3n) is 5.42. The molecule has 0 fully saturated rings. The number of sulfonamides is 1. The van der Waals surface area contributed by atoms with E-state index in [0.717, 1.165) is 12.0 Å². The maximum absolute atomic E-state index is 13.3. The molecule has 0 N–H and O–H groups in total. The molecule has 0 atom stereocenters. The van der Waals surface area contributed by atoms with Crippen LogP contribution < -0.4 is 4.31 Å². The van der Waals surface area contributed by atoms with Crippen molar-refractivity contribution in [2.24, 2.45) is 0 Å². The van der Waals surface area contributed by atoms with Crippen molar-refractivity contribution in [2.45, 2.75) is 24.8 Å². The molecule has 5 nitrogen and oxygen atoms in total. The molecule has 0 aliphatic carbocycles. The Labute approximate surface area is 177 Å². The highest BCUT2D eigenvalue weighted by Crippen LogP contribution is 2.25. The summed E-state index contributed by atoms with van der Waals surface area (Å²) in [5.74, 6) is -0.149. The zero-order valence-electron chi connectivity index (χ0n) is 16.9. The quantitative estimate of drug-likeness (QED) is 0.624. The van der Waals surface area contributed by atoms with Gasteiger partial charge in [-0.3, -0.25) is 9.10 Å². The van der Waals surface area contributed by atoms with Gasteiger partial charge in [-0.1, -0.05) is 48.5 Å². The number of carbonyl (C=O) groups is 1. The van der Waals surface area contributed by atoms with Crippen LogP contribution in [0.25, 0.3) is 0 Å². The van der Waals surface area contributed by atoms with Gasteiger partial charge in [-0.25, -0.2) is 8.42 Å². The lowest BCUT2D eigenvalue weighted by molar-refractivity contribution is 0.0734. The SMILES string of the molecule is CCN(c1ccccc1)S(=O)(=O)c1cccc(C(=O)N2CCc3ccccc3C2)c1. The third kappa shape index (κ3) is 3.83. The van der Waals surface area contributed by atoms with Gasteiger partial charge in [0.1, 0.15) is 0 Å². The van der Waals surface area contributed by atoms with Crippen molar-refractivity contribution in [3.8, 4) is 0 Å². The van der Waals surface area contributed by atoms with Gasteiger partial charge in [-0.15, -0.1) is 0 Å². The Kier molecular flexibility index (Phi) is 5.59. The van der Waals surface area contributed by atoms with E-state index in [-0.39, 0.29) is 10.8 Å². The largest absolute Gasteiger partial charge is 0.334 e. The molecule has 0 bridgehead atoms. The molecule has 3 aromatic carbocycles. The van der Waals surface area contributed by atoms with Gasteiger partial charge in [0.2, 0.25) is 0 Å². The number of benzene rings is 3. The van der Waals surface area contributed by atoms with E-state index in [4.69, 9.17) is 0 Å². The summed E-state index contributed by atoms with van der Waals surface area (Å²) in [7, 11) is -3.78. The molecule has 0 saturated carbocycles. The van der Waals surface area contributed by atoms with Gasteiger partial charge >= 0.3 is 0 Å². The number of hydrogen-bond acceptors (Lipinski definition) is 3. The predicted octanol–water partition coefficient (Wildman–Crippen LogP) is 4.10. The molecule has 0 unspecified atom stereocenters. The molecule has 30 heavy (non-hydrogen) atoms. The first-order valence-corrected chi connectivity index (χ1v) is 11.5. The van der Waals surface area contributed by atoms with Crippen LogP contribution in [-0.4, -0.2) is 32.3 Å². The molecule has 1 aliphatic heterocycles. The van der Waals surface area contributed by atoms with Crippen LogP contribution in [0.2, 0.25) is 0 Å². The normalized spacial score (nSPS) is 13.6. The molecular formula is C24H24N2O3S. The fourth-order valence-electron chi connectivity index (χ4n) is 3.85. The number of para-hydroxylation sites is 1. The average Bonchev–Trinajstić information content (AvgIpc) is 2.79. The minimum Gasteiger partial charge on any atom is -0.334 e. The summed E-state index contributed by atoms with van der Waals surface area (Å²) >= 11 is 0. The molecule has 0 aromatic heterocycles. The summed E-state index contributed by atoms with van der Waals surface area (Å²) < 4.78 is 27.9. The van der Waals surface area contributed by atoms with Gasteiger partial charge in [0.05, 0.1) is 10.6 Å². The van der Waals surface area contributed by atoms with E-state index < -0.39 is 10.0 Å². The molecule has 1 amide bonds. The monoisotopic (exact) mass is 420 g/mol. The molecule has 1 aliphatic rings. The van der Waals surface area contributed by atoms with Gasteiger partial charge in [-0.05, 0) is 54.8 Å². The highest BCUT2D eigenvalue weighted by molar-refractivity contribution is 7.92. The Morgan fingerprint density at radius 2 is 1.63 bits per heavy atom. The number of hydrogen-bond donors (Lipinski definition) is 0. The van der Waals surface area contributed by atoms with Gasteiger partial charge in [0.15, 0.2) is 0 Å². The van der Waals surface area contributed by atoms with E-state index in [9.17, 15) is 13.2 Å². The van der Waals surface area contributed by atoms with E-state index in [2.05, 4.69) is 6.07 Å². The molecule has 0 spiro atoms. The average molecular weight is 421 g/mol. The number of anilines is 1. The highest BCUT2D eigenvalue weighted by Gasteiger charge is 2.26. The van der Waals surface area contributed by atoms with Crippen LogP contribution in [0.5, 0.6) is 0 Å². The molecule has 6 heteroatoms. The highest BCUT2D eigenvalue weighted by atomic mass is 32.2. The van der Waals surface area contributed by atoms with Crippen LogP contribution >= 0.6 is 0 Å². The number of nitrogens with zero attached hydrogens (tertiary/aromatic N) is 2. The third-order valence-corrected chi connectivity index (χ3v) is 7.32. The lowest BCUT2D eigenvalue weighted by Gasteiger charge is -2.29. The smallest absolute Gasteiger partial charge is 0.264 e. The van der Waals surface area contributed by atoms with Gasteiger partial charge in [0.25, 0.3) is 15.9 Å². The second-order valence-electron chi connectivity index (χ2n) is 7.28. The van der Waals surface area contributed by atoms with Crippen molar-refractivity contribution in [2.75, 3.05) is 17.4 Å². The molecule has 154 valence electrons. The maximum Gasteiger partial charge on any atom is 0.264 e. The Balaban J connectivity index is 1.62. The second kappa shape index (κ2) is 8.32. The van der Waals surface area contributed by atoms with Crippen molar-refractivity contribution in [3.05, 3.63) is 95.6 Å². The topological polar surface area (TPSA) is 57.7 Å². The molecule has 3 aromatic rings. The lowest BCUT2D eigenvalue weighted by Crippen LogP contribution is -2.36. The zero-order valence-corrected chi connectivity index (χ0v) is 17.7. The van der Waals surface area contributed by atoms with Crippen LogP contribution in [0.3, 0.4) is 0 Å². The number of amides is 1. The maximum atomic E-state index is 13.3. The van der Waals surface area contributed by atoms with Gasteiger partial charge < -0.3 is 4.90 Å². The van der Waals surface area contributed by atoms with Crippen molar-refractivity contribution in [1.29, 1.82) is 0 Å². The first kappa shape index (κ1) is 20.2. The fraction of sp³-hybridized carbons (Fsp3) is 0.208. The van der Waals surface area contributed by atoms with Gasteiger partial charge in [0, 0.05) is 25.2 Å². The van der Waals surface area contributed by atoms with Crippen molar-refractivity contribution in [1.82, 2.24) is 4.90 Å². The number of carbonyl (C=O) groups excluding carboxylic acids is 1. The predicted molar refractivity (Wildman–Crippen MR) is 118 cm³/mol. The molecular weight excluding hydrogens is 396 g/mol. The number of rotatable bonds is 5. The Morgan fingerprint density at radius 1 is 0.933 bits per heavy atom. The molecule has 1 heterocycles. The zero-order chi connectivity index (χ0) is 21.1. The molecule has 0 radical (unpaired) electrons. The minimum atomic E-state index is -3.78. The molecule has 0 saturated heterocycles. The Bertz CT molecular complexity index is 1160. The second-order valence-corrected chi connectivity index (χ2v) is 9.14. The van der Waals surface area contributed by atoms with Crippen LogP contribution in [0, 0.1) is 0 Å². The van der Waals surface area contributed by atoms with Crippen LogP contribution in [-0.2, 0) is 23.0 Å². The van der Waals surface area contributed by atoms with E-state index >= 15 is 0 Å². The first-order chi connectivity index (χ1) is 14.5. The lowest BCUT2D eigenvalue weighted by atomic mass is 9.99. The fourth-order valence-corrected chi connectivity index (χ4v) is 5.37. The standard InChI is InChI=1S/C24H24N2O3S/c1-2-26(22-12-4-3-5-13-22)30(28,29)23-14-8-11-20(17-23)24(27)25-16-15-19-9-6-7-10-21(19)18-25/h3-14,17H,2,15-16,18H2,1H3. The van der Waals surface area contributed by atoms with Crippen molar-refractivity contribution >= 4 is 21.6 Å². The van der Waals surface area contributed by atoms with E-state index in [1.165, 1.54) is 15.9 Å². The summed E-state index contributed by atoms with van der Waals surface area (Å²) in [5.41, 5.74) is 3.39. The minimum absolute atomic E-state index is 0.122. The van der Waals surface area contributed by atoms with Crippen molar-refractivity contribution < 1.29 is 13.2 Å². The number of fused-ring (bicyclic) bond motifs is 1. The summed E-state index contributed by atoms with van der Waals surface area (Å²) in [4.78, 5) is 15.0. The Hall–Kier alpha value is -3.12. The van der Waals surface area contributed by atoms with Crippen LogP contribution in [0.15, 0.2) is 83.8 Å². The summed E-state index contributed by atoms with van der Waals surface area (Å²) in [6, 6.07) is 23.5. The van der Waals surface area contributed by atoms with E-state index in [1.807, 2.05) is 36.4 Å². The van der Waals surface area contributed by atoms with Gasteiger partial charge in [-0.2, -0.15) is 0 Å². The van der Waals surface area contributed by atoms with Crippen molar-refractivity contribution in [3.63, 3.8) is 0 Å². The summed E-state index contributed by atoms with van der Waals surface area (Å²) in [6.45, 7) is 3.26. The van der Waals surface area contributed by atoms with Crippen LogP contribution in [0.4, 0.5) is 5.69 Å². The molecule has 4 rings (SSSR count).